The Labute approximate surface area is 286 Å². The van der Waals surface area contributed by atoms with Crippen LogP contribution in [0.5, 0.6) is 5.75 Å². The maximum atomic E-state index is 13.7. The number of carbonyl (C=O) groups excluding carboxylic acids is 2. The van der Waals surface area contributed by atoms with Crippen molar-refractivity contribution < 1.29 is 19.4 Å². The van der Waals surface area contributed by atoms with E-state index < -0.39 is 17.7 Å². The second kappa shape index (κ2) is 14.1. The van der Waals surface area contributed by atoms with E-state index in [2.05, 4.69) is 30.1 Å². The highest BCUT2D eigenvalue weighted by Crippen LogP contribution is 2.44. The summed E-state index contributed by atoms with van der Waals surface area (Å²) in [6, 6.07) is 29.3. The van der Waals surface area contributed by atoms with E-state index in [1.807, 2.05) is 73.7 Å². The largest absolute Gasteiger partial charge is 0.507 e. The van der Waals surface area contributed by atoms with Crippen LogP contribution in [-0.2, 0) is 21.9 Å². The molecule has 47 heavy (non-hydrogen) atoms. The Bertz CT molecular complexity index is 1940. The van der Waals surface area contributed by atoms with Crippen molar-refractivity contribution in [1.29, 1.82) is 0 Å². The standard InChI is InChI=1S/C37H32ClN3O4S2/c1-22(2)26-9-11-27(12-10-26)32-31(33(42)28-13-17-30(18-14-28)45-20-25-6-4-5-23(3)19-25)34(43)35(44)41(32)36-39-40-37(47-36)46-21-24-7-15-29(38)16-8-24/h4-19,22,32,42H,20-21H2,1-3H3/b33-31+. The van der Waals surface area contributed by atoms with Crippen molar-refractivity contribution in [2.24, 2.45) is 0 Å². The number of thioether (sulfide) groups is 1. The van der Waals surface area contributed by atoms with Gasteiger partial charge in [-0.3, -0.25) is 14.5 Å². The molecule has 1 aliphatic heterocycles. The van der Waals surface area contributed by atoms with Crippen molar-refractivity contribution in [3.63, 3.8) is 0 Å². The van der Waals surface area contributed by atoms with E-state index >= 15 is 0 Å². The number of amides is 1. The summed E-state index contributed by atoms with van der Waals surface area (Å²) in [5.41, 5.74) is 5.44. The molecule has 1 aliphatic rings. The van der Waals surface area contributed by atoms with Crippen LogP contribution >= 0.6 is 34.7 Å². The van der Waals surface area contributed by atoms with Gasteiger partial charge in [-0.25, -0.2) is 0 Å². The minimum atomic E-state index is -0.893. The molecule has 0 radical (unpaired) electrons. The number of benzene rings is 4. The lowest BCUT2D eigenvalue weighted by Crippen LogP contribution is -2.29. The summed E-state index contributed by atoms with van der Waals surface area (Å²) in [5, 5.41) is 21.2. The van der Waals surface area contributed by atoms with E-state index in [0.29, 0.717) is 44.5 Å². The van der Waals surface area contributed by atoms with Gasteiger partial charge in [0.15, 0.2) is 4.34 Å². The Balaban J connectivity index is 1.31. The van der Waals surface area contributed by atoms with Crippen LogP contribution in [0.25, 0.3) is 5.76 Å². The molecule has 10 heteroatoms. The van der Waals surface area contributed by atoms with Gasteiger partial charge < -0.3 is 9.84 Å². The summed E-state index contributed by atoms with van der Waals surface area (Å²) in [6.45, 7) is 6.62. The molecule has 5 aromatic rings. The van der Waals surface area contributed by atoms with E-state index in [0.717, 1.165) is 22.3 Å². The summed E-state index contributed by atoms with van der Waals surface area (Å²) in [7, 11) is 0. The maximum Gasteiger partial charge on any atom is 0.301 e. The molecule has 1 amide bonds. The third kappa shape index (κ3) is 7.27. The summed E-state index contributed by atoms with van der Waals surface area (Å²) in [5.74, 6) is -0.281. The highest BCUT2D eigenvalue weighted by atomic mass is 35.5. The van der Waals surface area contributed by atoms with Gasteiger partial charge in [-0.05, 0) is 71.5 Å². The van der Waals surface area contributed by atoms with Crippen LogP contribution in [0.15, 0.2) is 107 Å². The van der Waals surface area contributed by atoms with Crippen molar-refractivity contribution in [3.8, 4) is 5.75 Å². The number of carbonyl (C=O) groups is 2. The molecule has 238 valence electrons. The van der Waals surface area contributed by atoms with Gasteiger partial charge in [0.25, 0.3) is 5.78 Å². The predicted molar refractivity (Wildman–Crippen MR) is 188 cm³/mol. The smallest absolute Gasteiger partial charge is 0.301 e. The molecular formula is C37H32ClN3O4S2. The molecule has 0 spiro atoms. The van der Waals surface area contributed by atoms with E-state index in [1.165, 1.54) is 28.0 Å². The molecule has 1 atom stereocenters. The van der Waals surface area contributed by atoms with E-state index in [4.69, 9.17) is 16.3 Å². The van der Waals surface area contributed by atoms with Gasteiger partial charge in [0.1, 0.15) is 18.1 Å². The van der Waals surface area contributed by atoms with Gasteiger partial charge in [0.2, 0.25) is 5.13 Å². The minimum absolute atomic E-state index is 0.00806. The minimum Gasteiger partial charge on any atom is -0.507 e. The number of hydrogen-bond donors (Lipinski definition) is 1. The second-order valence-electron chi connectivity index (χ2n) is 11.6. The number of aliphatic hydroxyl groups is 1. The van der Waals surface area contributed by atoms with Gasteiger partial charge in [-0.2, -0.15) is 0 Å². The Kier molecular flexibility index (Phi) is 9.77. The van der Waals surface area contributed by atoms with Gasteiger partial charge >= 0.3 is 5.91 Å². The SMILES string of the molecule is Cc1cccc(COc2ccc(/C(O)=C3\C(=O)C(=O)N(c4nnc(SCc5ccc(Cl)cc5)s4)C3c3ccc(C(C)C)cc3)cc2)c1. The number of Topliss-reactive ketones (excluding diaryl/α,β-unsaturated/α-hetero) is 1. The monoisotopic (exact) mass is 681 g/mol. The first kappa shape index (κ1) is 32.5. The molecule has 6 rings (SSSR count). The van der Waals surface area contributed by atoms with Crippen molar-refractivity contribution in [1.82, 2.24) is 10.2 Å². The lowest BCUT2D eigenvalue weighted by molar-refractivity contribution is -0.132. The summed E-state index contributed by atoms with van der Waals surface area (Å²) in [4.78, 5) is 28.7. The number of halogens is 1. The van der Waals surface area contributed by atoms with Crippen LogP contribution in [0.3, 0.4) is 0 Å². The first-order valence-corrected chi connectivity index (χ1v) is 17.3. The topological polar surface area (TPSA) is 92.6 Å². The lowest BCUT2D eigenvalue weighted by atomic mass is 9.93. The number of aliphatic hydroxyl groups excluding tert-OH is 1. The van der Waals surface area contributed by atoms with E-state index in [-0.39, 0.29) is 16.5 Å². The molecule has 1 saturated heterocycles. The van der Waals surface area contributed by atoms with Crippen molar-refractivity contribution in [2.45, 2.75) is 49.4 Å². The zero-order valence-electron chi connectivity index (χ0n) is 26.0. The van der Waals surface area contributed by atoms with Crippen molar-refractivity contribution in [3.05, 3.63) is 141 Å². The van der Waals surface area contributed by atoms with Crippen LogP contribution in [-0.4, -0.2) is 27.0 Å². The second-order valence-corrected chi connectivity index (χ2v) is 14.2. The number of rotatable bonds is 10. The lowest BCUT2D eigenvalue weighted by Gasteiger charge is -2.23. The van der Waals surface area contributed by atoms with Crippen LogP contribution in [0, 0.1) is 6.92 Å². The molecule has 1 unspecified atom stereocenters. The van der Waals surface area contributed by atoms with Crippen molar-refractivity contribution >= 4 is 57.3 Å². The average Bonchev–Trinajstić information content (AvgIpc) is 3.65. The van der Waals surface area contributed by atoms with Gasteiger partial charge in [-0.15, -0.1) is 10.2 Å². The number of hydrogen-bond acceptors (Lipinski definition) is 8. The van der Waals surface area contributed by atoms with Crippen LogP contribution in [0.2, 0.25) is 5.02 Å². The number of anilines is 1. The van der Waals surface area contributed by atoms with Crippen LogP contribution < -0.4 is 9.64 Å². The molecule has 2 heterocycles. The van der Waals surface area contributed by atoms with E-state index in [9.17, 15) is 14.7 Å². The fourth-order valence-corrected chi connectivity index (χ4v) is 7.27. The Morgan fingerprint density at radius 2 is 1.68 bits per heavy atom. The third-order valence-electron chi connectivity index (χ3n) is 7.86. The molecule has 7 nitrogen and oxygen atoms in total. The zero-order chi connectivity index (χ0) is 33.1. The van der Waals surface area contributed by atoms with E-state index in [1.54, 1.807) is 24.3 Å². The number of aromatic nitrogens is 2. The van der Waals surface area contributed by atoms with Crippen molar-refractivity contribution in [2.75, 3.05) is 4.90 Å². The average molecular weight is 682 g/mol. The number of ether oxygens (including phenoxy) is 1. The Morgan fingerprint density at radius 3 is 2.36 bits per heavy atom. The number of ketones is 1. The van der Waals surface area contributed by atoms with Crippen LogP contribution in [0.1, 0.15) is 59.2 Å². The molecule has 4 aromatic carbocycles. The highest BCUT2D eigenvalue weighted by Gasteiger charge is 2.48. The number of nitrogens with zero attached hydrogens (tertiary/aromatic N) is 3. The molecule has 0 bridgehead atoms. The summed E-state index contributed by atoms with van der Waals surface area (Å²) in [6.07, 6.45) is 0. The van der Waals surface area contributed by atoms with Gasteiger partial charge in [0, 0.05) is 16.3 Å². The summed E-state index contributed by atoms with van der Waals surface area (Å²) < 4.78 is 6.59. The molecule has 0 saturated carbocycles. The van der Waals surface area contributed by atoms with Gasteiger partial charge in [-0.1, -0.05) is 115 Å². The first-order chi connectivity index (χ1) is 22.7. The molecule has 1 N–H and O–H groups in total. The first-order valence-electron chi connectivity index (χ1n) is 15.1. The molecule has 0 aliphatic carbocycles. The Morgan fingerprint density at radius 1 is 0.957 bits per heavy atom. The predicted octanol–water partition coefficient (Wildman–Crippen LogP) is 9.12. The number of aryl methyl sites for hydroxylation is 1. The molecular weight excluding hydrogens is 650 g/mol. The fraction of sp³-hybridized carbons (Fsp3) is 0.189. The maximum absolute atomic E-state index is 13.7. The molecule has 1 aromatic heterocycles. The fourth-order valence-electron chi connectivity index (χ4n) is 5.33. The van der Waals surface area contributed by atoms with Crippen LogP contribution in [0.4, 0.5) is 5.13 Å². The Hall–Kier alpha value is -4.44. The highest BCUT2D eigenvalue weighted by molar-refractivity contribution is 8.00. The summed E-state index contributed by atoms with van der Waals surface area (Å²) >= 11 is 8.72. The molecule has 1 fully saturated rings. The van der Waals surface area contributed by atoms with Gasteiger partial charge in [0.05, 0.1) is 11.6 Å². The quantitative estimate of drug-likeness (QED) is 0.0517. The zero-order valence-corrected chi connectivity index (χ0v) is 28.4. The third-order valence-corrected chi connectivity index (χ3v) is 10.2. The normalized spacial score (nSPS) is 15.9.